The molecule has 0 saturated heterocycles. The Morgan fingerprint density at radius 2 is 1.53 bits per heavy atom. The third-order valence-electron chi connectivity index (χ3n) is 3.77. The highest BCUT2D eigenvalue weighted by Gasteiger charge is 2.40. The number of hydrogen-bond donors (Lipinski definition) is 1. The molecular formula is C14H22S. The van der Waals surface area contributed by atoms with Crippen LogP contribution in [0.15, 0.2) is 30.3 Å². The average molecular weight is 222 g/mol. The Morgan fingerprint density at radius 1 is 1.00 bits per heavy atom. The summed E-state index contributed by atoms with van der Waals surface area (Å²) in [6.07, 6.45) is 2.19. The van der Waals surface area contributed by atoms with Crippen molar-refractivity contribution in [1.82, 2.24) is 0 Å². The molecule has 1 unspecified atom stereocenters. The van der Waals surface area contributed by atoms with Crippen LogP contribution in [0, 0.1) is 5.41 Å². The fourth-order valence-corrected chi connectivity index (χ4v) is 2.39. The maximum Gasteiger partial charge on any atom is 0.0426 e. The van der Waals surface area contributed by atoms with Crippen LogP contribution in [0.3, 0.4) is 0 Å². The van der Waals surface area contributed by atoms with Gasteiger partial charge in [0.1, 0.15) is 0 Å². The van der Waals surface area contributed by atoms with Crippen LogP contribution >= 0.6 is 12.6 Å². The predicted octanol–water partition coefficient (Wildman–Crippen LogP) is 4.66. The molecule has 15 heavy (non-hydrogen) atoms. The zero-order valence-electron chi connectivity index (χ0n) is 10.2. The molecule has 1 atom stereocenters. The summed E-state index contributed by atoms with van der Waals surface area (Å²) in [6, 6.07) is 10.6. The number of hydrogen-bond acceptors (Lipinski definition) is 1. The molecule has 0 aromatic heterocycles. The Bertz CT molecular complexity index is 302. The summed E-state index contributed by atoms with van der Waals surface area (Å²) in [7, 11) is 0. The van der Waals surface area contributed by atoms with Gasteiger partial charge < -0.3 is 0 Å². The van der Waals surface area contributed by atoms with E-state index in [1.54, 1.807) is 0 Å². The second kappa shape index (κ2) is 4.61. The van der Waals surface area contributed by atoms with Gasteiger partial charge in [0.2, 0.25) is 0 Å². The molecule has 0 bridgehead atoms. The maximum atomic E-state index is 4.97. The van der Waals surface area contributed by atoms with Crippen molar-refractivity contribution >= 4 is 12.6 Å². The first kappa shape index (κ1) is 12.6. The van der Waals surface area contributed by atoms with Crippen LogP contribution in [-0.2, 0) is 4.75 Å². The van der Waals surface area contributed by atoms with Gasteiger partial charge in [-0.1, -0.05) is 58.0 Å². The minimum absolute atomic E-state index is 0.0248. The molecule has 0 heterocycles. The molecule has 1 heteroatoms. The van der Waals surface area contributed by atoms with Gasteiger partial charge in [-0.25, -0.2) is 0 Å². The normalized spacial score (nSPS) is 16.1. The van der Waals surface area contributed by atoms with E-state index in [-0.39, 0.29) is 10.2 Å². The van der Waals surface area contributed by atoms with Gasteiger partial charge in [-0.05, 0) is 23.8 Å². The molecule has 0 spiro atoms. The highest BCUT2D eigenvalue weighted by molar-refractivity contribution is 7.81. The Balaban J connectivity index is 3.17. The third kappa shape index (κ3) is 2.23. The summed E-state index contributed by atoms with van der Waals surface area (Å²) in [5.74, 6) is 0. The molecule has 0 aliphatic carbocycles. The van der Waals surface area contributed by atoms with Crippen molar-refractivity contribution in [2.75, 3.05) is 0 Å². The Labute approximate surface area is 99.5 Å². The van der Waals surface area contributed by atoms with Crippen molar-refractivity contribution in [2.45, 2.75) is 45.3 Å². The van der Waals surface area contributed by atoms with E-state index in [9.17, 15) is 0 Å². The minimum atomic E-state index is -0.0248. The predicted molar refractivity (Wildman–Crippen MR) is 71.5 cm³/mol. The quantitative estimate of drug-likeness (QED) is 0.704. The first-order valence-electron chi connectivity index (χ1n) is 5.76. The van der Waals surface area contributed by atoms with Crippen LogP contribution in [0.25, 0.3) is 0 Å². The van der Waals surface area contributed by atoms with Crippen LogP contribution < -0.4 is 0 Å². The van der Waals surface area contributed by atoms with Gasteiger partial charge in [0, 0.05) is 4.75 Å². The fourth-order valence-electron chi connectivity index (χ4n) is 2.08. The summed E-state index contributed by atoms with van der Waals surface area (Å²) in [5, 5.41) is 0. The molecule has 1 aromatic rings. The molecule has 0 aliphatic rings. The fraction of sp³-hybridized carbons (Fsp3) is 0.571. The zero-order valence-corrected chi connectivity index (χ0v) is 11.1. The summed E-state index contributed by atoms with van der Waals surface area (Å²) in [6.45, 7) is 9.06. The van der Waals surface area contributed by atoms with Gasteiger partial charge in [0.15, 0.2) is 0 Å². The van der Waals surface area contributed by atoms with E-state index in [1.807, 2.05) is 0 Å². The van der Waals surface area contributed by atoms with Crippen molar-refractivity contribution in [3.05, 3.63) is 35.9 Å². The van der Waals surface area contributed by atoms with Gasteiger partial charge in [-0.15, -0.1) is 0 Å². The maximum absolute atomic E-state index is 4.97. The first-order valence-corrected chi connectivity index (χ1v) is 6.20. The summed E-state index contributed by atoms with van der Waals surface area (Å²) < 4.78 is -0.0248. The second-order valence-electron chi connectivity index (χ2n) is 4.82. The monoisotopic (exact) mass is 222 g/mol. The first-order chi connectivity index (χ1) is 6.98. The van der Waals surface area contributed by atoms with Crippen LogP contribution in [0.1, 0.15) is 46.1 Å². The Morgan fingerprint density at radius 3 is 1.93 bits per heavy atom. The van der Waals surface area contributed by atoms with Crippen LogP contribution in [0.4, 0.5) is 0 Å². The van der Waals surface area contributed by atoms with Crippen molar-refractivity contribution in [3.8, 4) is 0 Å². The number of rotatable bonds is 4. The average Bonchev–Trinajstić information content (AvgIpc) is 2.29. The van der Waals surface area contributed by atoms with Crippen molar-refractivity contribution < 1.29 is 0 Å². The van der Waals surface area contributed by atoms with E-state index >= 15 is 0 Å². The van der Waals surface area contributed by atoms with Gasteiger partial charge in [-0.3, -0.25) is 0 Å². The lowest BCUT2D eigenvalue weighted by atomic mass is 9.71. The number of thiol groups is 1. The smallest absolute Gasteiger partial charge is 0.0426 e. The molecule has 0 aliphatic heterocycles. The highest BCUT2D eigenvalue weighted by atomic mass is 32.1. The van der Waals surface area contributed by atoms with E-state index in [0.29, 0.717) is 0 Å². The van der Waals surface area contributed by atoms with E-state index in [2.05, 4.69) is 58.0 Å². The molecule has 0 nitrogen and oxygen atoms in total. The summed E-state index contributed by atoms with van der Waals surface area (Å²) in [4.78, 5) is 0. The van der Waals surface area contributed by atoms with Gasteiger partial charge in [0.05, 0.1) is 0 Å². The SMILES string of the molecule is CCC(C)(C)C(S)(CC)c1ccccc1. The van der Waals surface area contributed by atoms with Crippen molar-refractivity contribution in [1.29, 1.82) is 0 Å². The molecular weight excluding hydrogens is 200 g/mol. The second-order valence-corrected chi connectivity index (χ2v) is 5.58. The van der Waals surface area contributed by atoms with Gasteiger partial charge in [0.25, 0.3) is 0 Å². The van der Waals surface area contributed by atoms with E-state index < -0.39 is 0 Å². The summed E-state index contributed by atoms with van der Waals surface area (Å²) in [5.41, 5.74) is 1.55. The molecule has 1 rings (SSSR count). The van der Waals surface area contributed by atoms with Crippen molar-refractivity contribution in [2.24, 2.45) is 5.41 Å². The summed E-state index contributed by atoms with van der Waals surface area (Å²) >= 11 is 4.97. The Kier molecular flexibility index (Phi) is 3.88. The highest BCUT2D eigenvalue weighted by Crippen LogP contribution is 2.49. The van der Waals surface area contributed by atoms with Gasteiger partial charge >= 0.3 is 0 Å². The molecule has 0 radical (unpaired) electrons. The largest absolute Gasteiger partial charge is 0.167 e. The lowest BCUT2D eigenvalue weighted by molar-refractivity contribution is 0.237. The topological polar surface area (TPSA) is 0 Å². The standard InChI is InChI=1S/C14H22S/c1-5-13(3,4)14(15,6-2)12-10-8-7-9-11-12/h7-11,15H,5-6H2,1-4H3. The molecule has 84 valence electrons. The molecule has 0 N–H and O–H groups in total. The van der Waals surface area contributed by atoms with E-state index in [0.717, 1.165) is 12.8 Å². The Hall–Kier alpha value is -0.430. The number of benzene rings is 1. The van der Waals surface area contributed by atoms with Crippen LogP contribution in [-0.4, -0.2) is 0 Å². The molecule has 0 saturated carbocycles. The molecule has 0 amide bonds. The van der Waals surface area contributed by atoms with Gasteiger partial charge in [-0.2, -0.15) is 12.6 Å². The van der Waals surface area contributed by atoms with E-state index in [1.165, 1.54) is 5.56 Å². The third-order valence-corrected chi connectivity index (χ3v) is 4.95. The van der Waals surface area contributed by atoms with Crippen molar-refractivity contribution in [3.63, 3.8) is 0 Å². The van der Waals surface area contributed by atoms with Crippen LogP contribution in [0.5, 0.6) is 0 Å². The minimum Gasteiger partial charge on any atom is -0.167 e. The lowest BCUT2D eigenvalue weighted by Crippen LogP contribution is -2.36. The zero-order chi connectivity index (χ0) is 11.5. The lowest BCUT2D eigenvalue weighted by Gasteiger charge is -2.43. The molecule has 0 fully saturated rings. The molecule has 1 aromatic carbocycles. The van der Waals surface area contributed by atoms with Crippen LogP contribution in [0.2, 0.25) is 0 Å². The van der Waals surface area contributed by atoms with E-state index in [4.69, 9.17) is 12.6 Å².